The molecule has 0 amide bonds. The standard InChI is InChI=1S/C17H29N/c1-14(15(2)13-18-17(3,4)5)11-12-16-9-7-6-8-10-16/h6-10,14-15,18H,11-13H2,1-5H3. The van der Waals surface area contributed by atoms with Crippen molar-refractivity contribution in [3.63, 3.8) is 0 Å². The maximum absolute atomic E-state index is 3.60. The Morgan fingerprint density at radius 3 is 2.17 bits per heavy atom. The average molecular weight is 247 g/mol. The molecule has 102 valence electrons. The molecule has 1 nitrogen and oxygen atoms in total. The lowest BCUT2D eigenvalue weighted by molar-refractivity contribution is 0.307. The van der Waals surface area contributed by atoms with Gasteiger partial charge < -0.3 is 5.32 Å². The molecule has 0 radical (unpaired) electrons. The van der Waals surface area contributed by atoms with Crippen molar-refractivity contribution in [1.29, 1.82) is 0 Å². The molecule has 0 aromatic heterocycles. The van der Waals surface area contributed by atoms with Crippen LogP contribution in [0.3, 0.4) is 0 Å². The number of hydrogen-bond acceptors (Lipinski definition) is 1. The fraction of sp³-hybridized carbons (Fsp3) is 0.647. The first-order valence-electron chi connectivity index (χ1n) is 7.17. The maximum Gasteiger partial charge on any atom is 0.00966 e. The summed E-state index contributed by atoms with van der Waals surface area (Å²) >= 11 is 0. The number of rotatable bonds is 6. The Labute approximate surface area is 113 Å². The van der Waals surface area contributed by atoms with Gasteiger partial charge in [-0.15, -0.1) is 0 Å². The minimum atomic E-state index is 0.230. The highest BCUT2D eigenvalue weighted by molar-refractivity contribution is 5.14. The van der Waals surface area contributed by atoms with Gasteiger partial charge >= 0.3 is 0 Å². The molecule has 0 aliphatic rings. The lowest BCUT2D eigenvalue weighted by Crippen LogP contribution is -2.39. The maximum atomic E-state index is 3.60. The quantitative estimate of drug-likeness (QED) is 0.791. The van der Waals surface area contributed by atoms with E-state index in [0.717, 1.165) is 18.4 Å². The van der Waals surface area contributed by atoms with Gasteiger partial charge in [-0.1, -0.05) is 44.2 Å². The molecule has 1 rings (SSSR count). The van der Waals surface area contributed by atoms with E-state index in [0.29, 0.717) is 0 Å². The van der Waals surface area contributed by atoms with Crippen molar-refractivity contribution in [2.45, 2.75) is 53.0 Å². The topological polar surface area (TPSA) is 12.0 Å². The van der Waals surface area contributed by atoms with Crippen LogP contribution in [0.4, 0.5) is 0 Å². The molecular weight excluding hydrogens is 218 g/mol. The normalized spacial score (nSPS) is 15.4. The molecule has 0 spiro atoms. The van der Waals surface area contributed by atoms with Crippen LogP contribution >= 0.6 is 0 Å². The fourth-order valence-electron chi connectivity index (χ4n) is 1.99. The van der Waals surface area contributed by atoms with E-state index in [1.165, 1.54) is 18.4 Å². The molecule has 0 aliphatic heterocycles. The first-order valence-corrected chi connectivity index (χ1v) is 7.17. The Balaban J connectivity index is 2.30. The zero-order valence-corrected chi connectivity index (χ0v) is 12.7. The molecule has 0 fully saturated rings. The molecule has 1 aromatic carbocycles. The molecule has 2 unspecified atom stereocenters. The van der Waals surface area contributed by atoms with E-state index < -0.39 is 0 Å². The van der Waals surface area contributed by atoms with E-state index in [9.17, 15) is 0 Å². The number of benzene rings is 1. The zero-order chi connectivity index (χ0) is 13.6. The van der Waals surface area contributed by atoms with Gasteiger partial charge in [-0.25, -0.2) is 0 Å². The van der Waals surface area contributed by atoms with Crippen molar-refractivity contribution in [3.8, 4) is 0 Å². The van der Waals surface area contributed by atoms with Crippen molar-refractivity contribution in [2.75, 3.05) is 6.54 Å². The van der Waals surface area contributed by atoms with Crippen molar-refractivity contribution in [2.24, 2.45) is 11.8 Å². The highest BCUT2D eigenvalue weighted by Gasteiger charge is 2.15. The van der Waals surface area contributed by atoms with Crippen molar-refractivity contribution in [1.82, 2.24) is 5.32 Å². The summed E-state index contributed by atoms with van der Waals surface area (Å²) in [5.41, 5.74) is 1.69. The van der Waals surface area contributed by atoms with E-state index in [1.807, 2.05) is 0 Å². The van der Waals surface area contributed by atoms with Gasteiger partial charge in [-0.3, -0.25) is 0 Å². The van der Waals surface area contributed by atoms with Crippen LogP contribution in [0.5, 0.6) is 0 Å². The van der Waals surface area contributed by atoms with Crippen LogP contribution in [0.1, 0.15) is 46.6 Å². The van der Waals surface area contributed by atoms with Crippen molar-refractivity contribution >= 4 is 0 Å². The first kappa shape index (κ1) is 15.2. The van der Waals surface area contributed by atoms with Gasteiger partial charge in [0.1, 0.15) is 0 Å². The molecule has 0 heterocycles. The highest BCUT2D eigenvalue weighted by Crippen LogP contribution is 2.18. The second-order valence-corrected chi connectivity index (χ2v) is 6.61. The van der Waals surface area contributed by atoms with E-state index in [2.05, 4.69) is 70.3 Å². The van der Waals surface area contributed by atoms with E-state index >= 15 is 0 Å². The predicted octanol–water partition coefficient (Wildman–Crippen LogP) is 4.28. The first-order chi connectivity index (χ1) is 8.38. The van der Waals surface area contributed by atoms with Gasteiger partial charge in [0.25, 0.3) is 0 Å². The summed E-state index contributed by atoms with van der Waals surface area (Å²) in [5, 5.41) is 3.60. The van der Waals surface area contributed by atoms with Gasteiger partial charge in [0.15, 0.2) is 0 Å². The lowest BCUT2D eigenvalue weighted by atomic mass is 9.89. The van der Waals surface area contributed by atoms with Gasteiger partial charge in [0, 0.05) is 5.54 Å². The van der Waals surface area contributed by atoms with Crippen molar-refractivity contribution < 1.29 is 0 Å². The van der Waals surface area contributed by atoms with Gasteiger partial charge in [0.05, 0.1) is 0 Å². The second kappa shape index (κ2) is 6.94. The molecule has 18 heavy (non-hydrogen) atoms. The van der Waals surface area contributed by atoms with Gasteiger partial charge in [-0.05, 0) is 57.6 Å². The summed E-state index contributed by atoms with van der Waals surface area (Å²) in [6.45, 7) is 12.5. The minimum Gasteiger partial charge on any atom is -0.312 e. The number of nitrogens with one attached hydrogen (secondary N) is 1. The Morgan fingerprint density at radius 1 is 1.00 bits per heavy atom. The van der Waals surface area contributed by atoms with Crippen molar-refractivity contribution in [3.05, 3.63) is 35.9 Å². The fourth-order valence-corrected chi connectivity index (χ4v) is 1.99. The Bertz CT molecular complexity index is 323. The molecule has 0 saturated carbocycles. The van der Waals surface area contributed by atoms with Gasteiger partial charge in [0.2, 0.25) is 0 Å². The van der Waals surface area contributed by atoms with Crippen LogP contribution in [-0.4, -0.2) is 12.1 Å². The Morgan fingerprint density at radius 2 is 1.61 bits per heavy atom. The van der Waals surface area contributed by atoms with Crippen LogP contribution in [-0.2, 0) is 6.42 Å². The molecule has 1 N–H and O–H groups in total. The van der Waals surface area contributed by atoms with E-state index in [4.69, 9.17) is 0 Å². The summed E-state index contributed by atoms with van der Waals surface area (Å²) in [4.78, 5) is 0. The molecular formula is C17H29N. The largest absolute Gasteiger partial charge is 0.312 e. The third-order valence-corrected chi connectivity index (χ3v) is 3.66. The van der Waals surface area contributed by atoms with Crippen LogP contribution in [0.25, 0.3) is 0 Å². The van der Waals surface area contributed by atoms with Crippen LogP contribution in [0, 0.1) is 11.8 Å². The second-order valence-electron chi connectivity index (χ2n) is 6.61. The molecule has 1 heteroatoms. The molecule has 0 saturated heterocycles. The molecule has 0 bridgehead atoms. The highest BCUT2D eigenvalue weighted by atomic mass is 14.9. The summed E-state index contributed by atoms with van der Waals surface area (Å²) in [6.07, 6.45) is 2.47. The summed E-state index contributed by atoms with van der Waals surface area (Å²) in [6, 6.07) is 10.8. The van der Waals surface area contributed by atoms with Crippen LogP contribution < -0.4 is 5.32 Å². The van der Waals surface area contributed by atoms with Crippen LogP contribution in [0.15, 0.2) is 30.3 Å². The molecule has 0 aliphatic carbocycles. The average Bonchev–Trinajstić information content (AvgIpc) is 2.33. The Kier molecular flexibility index (Phi) is 5.87. The number of hydrogen-bond donors (Lipinski definition) is 1. The molecule has 1 aromatic rings. The monoisotopic (exact) mass is 247 g/mol. The van der Waals surface area contributed by atoms with E-state index in [-0.39, 0.29) is 5.54 Å². The lowest BCUT2D eigenvalue weighted by Gasteiger charge is -2.26. The third-order valence-electron chi connectivity index (χ3n) is 3.66. The predicted molar refractivity (Wildman–Crippen MR) is 80.8 cm³/mol. The molecule has 2 atom stereocenters. The SMILES string of the molecule is CC(CCc1ccccc1)C(C)CNC(C)(C)C. The summed E-state index contributed by atoms with van der Waals surface area (Å²) in [5.74, 6) is 1.49. The van der Waals surface area contributed by atoms with Gasteiger partial charge in [-0.2, -0.15) is 0 Å². The third kappa shape index (κ3) is 6.20. The summed E-state index contributed by atoms with van der Waals surface area (Å²) < 4.78 is 0. The van der Waals surface area contributed by atoms with E-state index in [1.54, 1.807) is 0 Å². The zero-order valence-electron chi connectivity index (χ0n) is 12.7. The summed E-state index contributed by atoms with van der Waals surface area (Å²) in [7, 11) is 0. The minimum absolute atomic E-state index is 0.230. The van der Waals surface area contributed by atoms with Crippen LogP contribution in [0.2, 0.25) is 0 Å². The number of aryl methyl sites for hydroxylation is 1. The smallest absolute Gasteiger partial charge is 0.00966 e. The Hall–Kier alpha value is -0.820.